The summed E-state index contributed by atoms with van der Waals surface area (Å²) in [6, 6.07) is 0. The first kappa shape index (κ1) is 101. The highest BCUT2D eigenvalue weighted by atomic mass is 31.2. The summed E-state index contributed by atoms with van der Waals surface area (Å²) in [5.41, 5.74) is 0. The molecule has 0 amide bonds. The van der Waals surface area contributed by atoms with Crippen LogP contribution >= 0.6 is 15.6 Å². The van der Waals surface area contributed by atoms with Crippen LogP contribution in [0.15, 0.2) is 109 Å². The first-order valence-corrected chi connectivity index (χ1v) is 45.2. The van der Waals surface area contributed by atoms with Gasteiger partial charge in [-0.25, -0.2) is 9.13 Å². The topological polar surface area (TPSA) is 231 Å². The van der Waals surface area contributed by atoms with Crippen molar-refractivity contribution in [1.29, 1.82) is 0 Å². The van der Waals surface area contributed by atoms with E-state index in [9.17, 15) is 43.5 Å². The van der Waals surface area contributed by atoms with Gasteiger partial charge in [0, 0.05) is 19.3 Å². The Morgan fingerprint density at radius 2 is 0.476 bits per heavy atom. The molecule has 105 heavy (non-hydrogen) atoms. The number of aliphatic hydroxyl groups is 2. The lowest BCUT2D eigenvalue weighted by Gasteiger charge is -2.21. The third-order valence-electron chi connectivity index (χ3n) is 17.9. The molecule has 608 valence electrons. The van der Waals surface area contributed by atoms with Crippen LogP contribution in [0.5, 0.6) is 0 Å². The number of phosphoric ester groups is 2. The molecule has 0 saturated carbocycles. The van der Waals surface area contributed by atoms with Crippen LogP contribution < -0.4 is 0 Å². The summed E-state index contributed by atoms with van der Waals surface area (Å²) in [6.45, 7) is 2.63. The average Bonchev–Trinajstić information content (AvgIpc) is 0.913. The SMILES string of the molecule is CCCCC/C=C\C/C=C\C/C=C\C/C=C\CCCCCCCCCCCCCCCCCC(=O)OCC(O)COP(=O)(O)OCC(O)COP(=O)(O)OCC(COC(=O)CCCCCCCCCCC/C=C\C/C=C\C/C=C\C/C=C\CCCCC)OC(=O)CCCCCCC/C=C\CCCCCC. The highest BCUT2D eigenvalue weighted by Gasteiger charge is 2.29. The number of ether oxygens (including phenoxy) is 3. The smallest absolute Gasteiger partial charge is 0.463 e. The second-order valence-electron chi connectivity index (χ2n) is 28.3. The van der Waals surface area contributed by atoms with Crippen molar-refractivity contribution in [3.8, 4) is 0 Å². The number of unbranched alkanes of at least 4 members (excludes halogenated alkanes) is 39. The summed E-state index contributed by atoms with van der Waals surface area (Å²) < 4.78 is 61.2. The fourth-order valence-electron chi connectivity index (χ4n) is 11.5. The molecule has 0 fully saturated rings. The average molecular weight is 1520 g/mol. The maximum atomic E-state index is 13.0. The molecule has 0 radical (unpaired) electrons. The van der Waals surface area contributed by atoms with Crippen LogP contribution in [0.25, 0.3) is 0 Å². The van der Waals surface area contributed by atoms with Gasteiger partial charge in [-0.1, -0.05) is 323 Å². The Bertz CT molecular complexity index is 2340. The lowest BCUT2D eigenvalue weighted by molar-refractivity contribution is -0.161. The molecule has 0 saturated heterocycles. The minimum Gasteiger partial charge on any atom is -0.463 e. The molecule has 18 heteroatoms. The van der Waals surface area contributed by atoms with Gasteiger partial charge in [-0.15, -0.1) is 0 Å². The number of esters is 3. The van der Waals surface area contributed by atoms with E-state index in [-0.39, 0.29) is 19.3 Å². The van der Waals surface area contributed by atoms with Crippen LogP contribution in [0, 0.1) is 0 Å². The van der Waals surface area contributed by atoms with Crippen LogP contribution in [0.2, 0.25) is 0 Å². The Kier molecular flexibility index (Phi) is 76.9. The predicted octanol–water partition coefficient (Wildman–Crippen LogP) is 25.1. The molecule has 4 N–H and O–H groups in total. The van der Waals surface area contributed by atoms with Gasteiger partial charge in [-0.3, -0.25) is 32.5 Å². The molecule has 0 rings (SSSR count). The van der Waals surface area contributed by atoms with Crippen molar-refractivity contribution in [3.63, 3.8) is 0 Å². The Hall–Kier alpha value is -3.79. The molecule has 0 spiro atoms. The van der Waals surface area contributed by atoms with Gasteiger partial charge in [0.1, 0.15) is 25.4 Å². The molecule has 5 atom stereocenters. The van der Waals surface area contributed by atoms with Crippen molar-refractivity contribution < 1.29 is 75.8 Å². The number of carbonyl (C=O) groups is 3. The monoisotopic (exact) mass is 1520 g/mol. The van der Waals surface area contributed by atoms with E-state index in [1.807, 2.05) is 0 Å². The third kappa shape index (κ3) is 81.0. The Morgan fingerprint density at radius 3 is 0.781 bits per heavy atom. The molecule has 0 aliphatic rings. The summed E-state index contributed by atoms with van der Waals surface area (Å²) in [5.74, 6) is -1.58. The van der Waals surface area contributed by atoms with E-state index in [1.54, 1.807) is 0 Å². The summed E-state index contributed by atoms with van der Waals surface area (Å²) in [5, 5.41) is 20.7. The molecule has 0 aliphatic carbocycles. The van der Waals surface area contributed by atoms with Gasteiger partial charge < -0.3 is 34.2 Å². The molecule has 16 nitrogen and oxygen atoms in total. The van der Waals surface area contributed by atoms with Crippen LogP contribution in [-0.2, 0) is 55.8 Å². The van der Waals surface area contributed by atoms with E-state index in [0.717, 1.165) is 128 Å². The van der Waals surface area contributed by atoms with Crippen molar-refractivity contribution in [2.45, 2.75) is 386 Å². The molecule has 0 aliphatic heterocycles. The van der Waals surface area contributed by atoms with E-state index in [2.05, 4.69) is 130 Å². The van der Waals surface area contributed by atoms with Crippen LogP contribution in [0.3, 0.4) is 0 Å². The Labute approximate surface area is 640 Å². The maximum Gasteiger partial charge on any atom is 0.472 e. The number of rotatable bonds is 80. The molecular formula is C87H154O16P2. The van der Waals surface area contributed by atoms with Crippen molar-refractivity contribution in [3.05, 3.63) is 109 Å². The number of phosphoric acid groups is 2. The summed E-state index contributed by atoms with van der Waals surface area (Å²) in [7, 11) is -9.79. The molecule has 0 heterocycles. The fourth-order valence-corrected chi connectivity index (χ4v) is 13.1. The maximum absolute atomic E-state index is 13.0. The Morgan fingerprint density at radius 1 is 0.267 bits per heavy atom. The zero-order valence-electron chi connectivity index (χ0n) is 66.6. The van der Waals surface area contributed by atoms with Gasteiger partial charge in [-0.05, 0) is 135 Å². The fraction of sp³-hybridized carbons (Fsp3) is 0.759. The largest absolute Gasteiger partial charge is 0.472 e. The third-order valence-corrected chi connectivity index (χ3v) is 19.8. The molecule has 0 aromatic carbocycles. The van der Waals surface area contributed by atoms with Crippen LogP contribution in [0.4, 0.5) is 0 Å². The van der Waals surface area contributed by atoms with E-state index < -0.39 is 91.5 Å². The standard InChI is InChI=1S/C87H154O16P2/c1-4-7-10-13-16-19-22-25-27-29-31-33-35-37-38-39-40-41-42-44-46-47-49-51-53-56-58-61-64-67-70-73-85(90)97-76-82(88)77-99-104(93,94)100-78-83(89)79-101-105(95,96)102-81-84(103-87(92)75-72-69-66-63-60-55-24-21-18-15-12-9-6-3)80-98-86(91)74-71-68-65-62-59-57-54-52-50-48-45-43-36-34-32-30-28-26-23-20-17-14-11-8-5-2/h16-17,19-21,24-28,31-34,37-38,43,45,82-84,88-89H,4-15,18,22-23,29-30,35-36,39-42,44,46-81H2,1-3H3,(H,93,94)(H,95,96)/b19-16-,20-17-,24-21-,27-25-,28-26-,33-31-,34-32-,38-37-,45-43-. The van der Waals surface area contributed by atoms with Crippen LogP contribution in [0.1, 0.15) is 367 Å². The Balaban J connectivity index is 4.45. The highest BCUT2D eigenvalue weighted by Crippen LogP contribution is 2.45. The minimum atomic E-state index is -4.93. The lowest BCUT2D eigenvalue weighted by atomic mass is 10.0. The first-order valence-electron chi connectivity index (χ1n) is 42.2. The number of aliphatic hydroxyl groups excluding tert-OH is 2. The van der Waals surface area contributed by atoms with Gasteiger partial charge in [-0.2, -0.15) is 0 Å². The van der Waals surface area contributed by atoms with Gasteiger partial charge in [0.2, 0.25) is 0 Å². The zero-order chi connectivity index (χ0) is 76.6. The molecule has 0 aromatic rings. The first-order chi connectivity index (χ1) is 51.2. The van der Waals surface area contributed by atoms with Crippen molar-refractivity contribution >= 4 is 33.6 Å². The summed E-state index contributed by atoms with van der Waals surface area (Å²) in [6.07, 6.45) is 94.3. The minimum absolute atomic E-state index is 0.0933. The zero-order valence-corrected chi connectivity index (χ0v) is 68.4. The molecule has 5 unspecified atom stereocenters. The number of hydrogen-bond donors (Lipinski definition) is 4. The quantitative estimate of drug-likeness (QED) is 0.0146. The number of hydrogen-bond acceptors (Lipinski definition) is 14. The van der Waals surface area contributed by atoms with E-state index in [1.165, 1.54) is 180 Å². The lowest BCUT2D eigenvalue weighted by Crippen LogP contribution is -2.30. The number of allylic oxidation sites excluding steroid dienone is 18. The normalized spacial score (nSPS) is 14.5. The van der Waals surface area contributed by atoms with Crippen molar-refractivity contribution in [1.82, 2.24) is 0 Å². The second-order valence-corrected chi connectivity index (χ2v) is 31.2. The van der Waals surface area contributed by atoms with E-state index in [0.29, 0.717) is 19.3 Å². The molecule has 0 aromatic heterocycles. The molecular weight excluding hydrogens is 1360 g/mol. The van der Waals surface area contributed by atoms with Gasteiger partial charge in [0.05, 0.1) is 26.4 Å². The number of carbonyl (C=O) groups excluding carboxylic acids is 3. The van der Waals surface area contributed by atoms with Gasteiger partial charge in [0.15, 0.2) is 6.10 Å². The summed E-state index contributed by atoms with van der Waals surface area (Å²) in [4.78, 5) is 58.7. The van der Waals surface area contributed by atoms with Crippen molar-refractivity contribution in [2.24, 2.45) is 0 Å². The van der Waals surface area contributed by atoms with Crippen molar-refractivity contribution in [2.75, 3.05) is 39.6 Å². The summed E-state index contributed by atoms with van der Waals surface area (Å²) >= 11 is 0. The van der Waals surface area contributed by atoms with Gasteiger partial charge in [0.25, 0.3) is 0 Å². The second kappa shape index (κ2) is 79.8. The highest BCUT2D eigenvalue weighted by molar-refractivity contribution is 7.47. The van der Waals surface area contributed by atoms with Gasteiger partial charge >= 0.3 is 33.6 Å². The van der Waals surface area contributed by atoms with Crippen LogP contribution in [-0.4, -0.2) is 95.9 Å². The van der Waals surface area contributed by atoms with E-state index >= 15 is 0 Å². The molecule has 0 bridgehead atoms. The predicted molar refractivity (Wildman–Crippen MR) is 436 cm³/mol. The van der Waals surface area contributed by atoms with E-state index in [4.69, 9.17) is 32.3 Å².